The molecule has 1 aromatic carbocycles. The highest BCUT2D eigenvalue weighted by Gasteiger charge is 2.14. The SMILES string of the molecule is O=C(O)c1cc(-c2ccc(-n3ccnc3)c(F)c2)no1. The van der Waals surface area contributed by atoms with Crippen molar-refractivity contribution in [2.75, 3.05) is 0 Å². The summed E-state index contributed by atoms with van der Waals surface area (Å²) in [6, 6.07) is 5.69. The molecule has 7 heteroatoms. The number of halogens is 1. The highest BCUT2D eigenvalue weighted by atomic mass is 19.1. The predicted molar refractivity (Wildman–Crippen MR) is 66.0 cm³/mol. The molecule has 100 valence electrons. The molecule has 0 atom stereocenters. The minimum Gasteiger partial charge on any atom is -0.475 e. The summed E-state index contributed by atoms with van der Waals surface area (Å²) in [4.78, 5) is 14.6. The smallest absolute Gasteiger partial charge is 0.374 e. The standard InChI is InChI=1S/C13H8FN3O3/c14-9-5-8(10-6-12(13(18)19)20-16-10)1-2-11(9)17-4-3-15-7-17/h1-7H,(H,18,19). The molecule has 2 heterocycles. The van der Waals surface area contributed by atoms with E-state index in [4.69, 9.17) is 5.11 Å². The van der Waals surface area contributed by atoms with Gasteiger partial charge in [-0.25, -0.2) is 14.2 Å². The largest absolute Gasteiger partial charge is 0.475 e. The number of benzene rings is 1. The lowest BCUT2D eigenvalue weighted by Crippen LogP contribution is -1.95. The molecule has 3 aromatic rings. The van der Waals surface area contributed by atoms with Gasteiger partial charge in [-0.2, -0.15) is 0 Å². The van der Waals surface area contributed by atoms with Gasteiger partial charge in [0.05, 0.1) is 12.0 Å². The Bertz CT molecular complexity index is 765. The van der Waals surface area contributed by atoms with Gasteiger partial charge in [-0.3, -0.25) is 0 Å². The van der Waals surface area contributed by atoms with Gasteiger partial charge < -0.3 is 14.2 Å². The second kappa shape index (κ2) is 4.61. The lowest BCUT2D eigenvalue weighted by Gasteiger charge is -2.04. The quantitative estimate of drug-likeness (QED) is 0.792. The molecule has 0 radical (unpaired) electrons. The van der Waals surface area contributed by atoms with Crippen molar-refractivity contribution in [1.82, 2.24) is 14.7 Å². The second-order valence-electron chi connectivity index (χ2n) is 4.02. The zero-order valence-electron chi connectivity index (χ0n) is 10.0. The topological polar surface area (TPSA) is 81.1 Å². The third kappa shape index (κ3) is 2.05. The summed E-state index contributed by atoms with van der Waals surface area (Å²) in [6.45, 7) is 0. The molecule has 20 heavy (non-hydrogen) atoms. The Kier molecular flexibility index (Phi) is 2.79. The maximum atomic E-state index is 14.0. The molecular formula is C13H8FN3O3. The van der Waals surface area contributed by atoms with Gasteiger partial charge in [0.15, 0.2) is 0 Å². The number of aromatic nitrogens is 3. The van der Waals surface area contributed by atoms with E-state index in [2.05, 4.69) is 14.7 Å². The van der Waals surface area contributed by atoms with Crippen LogP contribution >= 0.6 is 0 Å². The van der Waals surface area contributed by atoms with E-state index in [9.17, 15) is 9.18 Å². The van der Waals surface area contributed by atoms with Crippen molar-refractivity contribution in [2.24, 2.45) is 0 Å². The van der Waals surface area contributed by atoms with Crippen LogP contribution in [0.2, 0.25) is 0 Å². The molecule has 0 fully saturated rings. The molecule has 0 saturated carbocycles. The van der Waals surface area contributed by atoms with Crippen LogP contribution in [0.5, 0.6) is 0 Å². The van der Waals surface area contributed by atoms with E-state index in [0.29, 0.717) is 11.3 Å². The highest BCUT2D eigenvalue weighted by molar-refractivity contribution is 5.85. The van der Waals surface area contributed by atoms with Crippen molar-refractivity contribution in [3.63, 3.8) is 0 Å². The molecule has 0 spiro atoms. The second-order valence-corrected chi connectivity index (χ2v) is 4.02. The third-order valence-corrected chi connectivity index (χ3v) is 2.75. The molecule has 0 aliphatic heterocycles. The number of hydrogen-bond donors (Lipinski definition) is 1. The van der Waals surface area contributed by atoms with E-state index in [1.54, 1.807) is 24.5 Å². The summed E-state index contributed by atoms with van der Waals surface area (Å²) >= 11 is 0. The van der Waals surface area contributed by atoms with Crippen LogP contribution in [0.1, 0.15) is 10.6 Å². The van der Waals surface area contributed by atoms with E-state index >= 15 is 0 Å². The van der Waals surface area contributed by atoms with Gasteiger partial charge in [0.25, 0.3) is 0 Å². The van der Waals surface area contributed by atoms with E-state index < -0.39 is 11.8 Å². The number of carbonyl (C=O) groups is 1. The van der Waals surface area contributed by atoms with Crippen LogP contribution in [-0.2, 0) is 0 Å². The van der Waals surface area contributed by atoms with Gasteiger partial charge in [0.1, 0.15) is 11.5 Å². The van der Waals surface area contributed by atoms with Crippen LogP contribution < -0.4 is 0 Å². The van der Waals surface area contributed by atoms with Crippen molar-refractivity contribution in [1.29, 1.82) is 0 Å². The summed E-state index contributed by atoms with van der Waals surface area (Å²) in [5.41, 5.74) is 1.04. The Balaban J connectivity index is 1.99. The summed E-state index contributed by atoms with van der Waals surface area (Å²) in [5.74, 6) is -1.99. The molecule has 6 nitrogen and oxygen atoms in total. The zero-order valence-corrected chi connectivity index (χ0v) is 10.0. The van der Waals surface area contributed by atoms with Gasteiger partial charge >= 0.3 is 5.97 Å². The first kappa shape index (κ1) is 12.1. The minimum absolute atomic E-state index is 0.262. The fourth-order valence-corrected chi connectivity index (χ4v) is 1.79. The van der Waals surface area contributed by atoms with E-state index in [0.717, 1.165) is 0 Å². The molecule has 0 amide bonds. The van der Waals surface area contributed by atoms with Gasteiger partial charge in [0, 0.05) is 24.0 Å². The number of hydrogen-bond acceptors (Lipinski definition) is 4. The van der Waals surface area contributed by atoms with Crippen LogP contribution in [0.15, 0.2) is 47.5 Å². The molecule has 0 unspecified atom stereocenters. The Hall–Kier alpha value is -2.96. The van der Waals surface area contributed by atoms with Crippen molar-refractivity contribution >= 4 is 5.97 Å². The Morgan fingerprint density at radius 2 is 2.20 bits per heavy atom. The highest BCUT2D eigenvalue weighted by Crippen LogP contribution is 2.23. The number of nitrogens with zero attached hydrogens (tertiary/aromatic N) is 3. The average molecular weight is 273 g/mol. The van der Waals surface area contributed by atoms with Gasteiger partial charge in [-0.15, -0.1) is 0 Å². The maximum Gasteiger partial charge on any atom is 0.374 e. The normalized spacial score (nSPS) is 10.7. The summed E-state index contributed by atoms with van der Waals surface area (Å²) in [5, 5.41) is 12.4. The molecule has 0 aliphatic carbocycles. The number of aromatic carboxylic acids is 1. The lowest BCUT2D eigenvalue weighted by molar-refractivity contribution is 0.0652. The predicted octanol–water partition coefficient (Wildman–Crippen LogP) is 2.36. The van der Waals surface area contributed by atoms with Crippen LogP contribution in [0, 0.1) is 5.82 Å². The number of imidazole rings is 1. The van der Waals surface area contributed by atoms with Crippen molar-refractivity contribution < 1.29 is 18.8 Å². The Morgan fingerprint density at radius 3 is 2.80 bits per heavy atom. The minimum atomic E-state index is -1.22. The van der Waals surface area contributed by atoms with Crippen molar-refractivity contribution in [2.45, 2.75) is 0 Å². The van der Waals surface area contributed by atoms with Crippen molar-refractivity contribution in [3.8, 4) is 16.9 Å². The number of carboxylic acids is 1. The summed E-state index contributed by atoms with van der Waals surface area (Å²) < 4.78 is 20.2. The van der Waals surface area contributed by atoms with Gasteiger partial charge in [0.2, 0.25) is 5.76 Å². The molecule has 0 saturated heterocycles. The first-order valence-corrected chi connectivity index (χ1v) is 5.63. The fraction of sp³-hybridized carbons (Fsp3) is 0. The number of rotatable bonds is 3. The first-order chi connectivity index (χ1) is 9.65. The van der Waals surface area contributed by atoms with Crippen LogP contribution in [0.25, 0.3) is 16.9 Å². The number of carboxylic acid groups (broad SMARTS) is 1. The first-order valence-electron chi connectivity index (χ1n) is 5.63. The Labute approximate surface area is 112 Å². The van der Waals surface area contributed by atoms with E-state index in [-0.39, 0.29) is 11.5 Å². The van der Waals surface area contributed by atoms with Crippen LogP contribution in [-0.4, -0.2) is 25.8 Å². The Morgan fingerprint density at radius 1 is 1.35 bits per heavy atom. The molecule has 3 rings (SSSR count). The van der Waals surface area contributed by atoms with E-state index in [1.807, 2.05) is 0 Å². The maximum absolute atomic E-state index is 14.0. The molecular weight excluding hydrogens is 265 g/mol. The summed E-state index contributed by atoms with van der Waals surface area (Å²) in [6.07, 6.45) is 4.65. The zero-order chi connectivity index (χ0) is 14.1. The summed E-state index contributed by atoms with van der Waals surface area (Å²) in [7, 11) is 0. The van der Waals surface area contributed by atoms with Crippen LogP contribution in [0.3, 0.4) is 0 Å². The lowest BCUT2D eigenvalue weighted by atomic mass is 10.1. The molecule has 0 bridgehead atoms. The van der Waals surface area contributed by atoms with Crippen LogP contribution in [0.4, 0.5) is 4.39 Å². The molecule has 0 aliphatic rings. The molecule has 2 aromatic heterocycles. The molecule has 1 N–H and O–H groups in total. The van der Waals surface area contributed by atoms with Gasteiger partial charge in [-0.1, -0.05) is 11.2 Å². The van der Waals surface area contributed by atoms with Crippen molar-refractivity contribution in [3.05, 3.63) is 54.6 Å². The average Bonchev–Trinajstić information content (AvgIpc) is 3.10. The monoisotopic (exact) mass is 273 g/mol. The fourth-order valence-electron chi connectivity index (χ4n) is 1.79. The van der Waals surface area contributed by atoms with E-state index in [1.165, 1.54) is 23.0 Å². The van der Waals surface area contributed by atoms with Gasteiger partial charge in [-0.05, 0) is 12.1 Å². The third-order valence-electron chi connectivity index (χ3n) is 2.75.